The van der Waals surface area contributed by atoms with E-state index in [0.717, 1.165) is 6.26 Å². The van der Waals surface area contributed by atoms with Gasteiger partial charge >= 0.3 is 0 Å². The molecule has 0 fully saturated rings. The van der Waals surface area contributed by atoms with Crippen LogP contribution in [0.5, 0.6) is 28.7 Å². The van der Waals surface area contributed by atoms with Gasteiger partial charge in [0.25, 0.3) is 0 Å². The number of hydrogen-bond donors (Lipinski definition) is 4. The van der Waals surface area contributed by atoms with E-state index in [-0.39, 0.29) is 22.3 Å². The Labute approximate surface area is 129 Å². The zero-order valence-corrected chi connectivity index (χ0v) is 11.9. The number of aromatic hydroxyl groups is 4. The lowest BCUT2D eigenvalue weighted by Crippen LogP contribution is -2.05. The maximum Gasteiger partial charge on any atom is 0.210 e. The molecule has 118 valence electrons. The summed E-state index contributed by atoms with van der Waals surface area (Å²) in [6.45, 7) is 0. The van der Waals surface area contributed by atoms with Crippen LogP contribution in [0.15, 0.2) is 39.7 Å². The van der Waals surface area contributed by atoms with E-state index in [1.54, 1.807) is 0 Å². The lowest BCUT2D eigenvalue weighted by Gasteiger charge is -2.11. The standard InChI is InChI=1S/C16H12O7/c1-22-16-13(20)12(19)10-11(18)9(6-23-15(10)14(16)21)7-2-4-8(17)5-3-7/h2-6,17,19-21H,1H3. The third-order valence-electron chi connectivity index (χ3n) is 3.48. The number of methoxy groups -OCH3 is 1. The van der Waals surface area contributed by atoms with Crippen LogP contribution < -0.4 is 10.2 Å². The molecule has 7 nitrogen and oxygen atoms in total. The van der Waals surface area contributed by atoms with Gasteiger partial charge in [0.05, 0.1) is 12.7 Å². The summed E-state index contributed by atoms with van der Waals surface area (Å²) in [5.74, 6) is -2.46. The fourth-order valence-electron chi connectivity index (χ4n) is 2.33. The minimum absolute atomic E-state index is 0.0294. The molecule has 0 atom stereocenters. The van der Waals surface area contributed by atoms with Gasteiger partial charge in [0, 0.05) is 0 Å². The Hall–Kier alpha value is -3.35. The van der Waals surface area contributed by atoms with Gasteiger partial charge in [-0.25, -0.2) is 0 Å². The summed E-state index contributed by atoms with van der Waals surface area (Å²) in [4.78, 5) is 12.6. The highest BCUT2D eigenvalue weighted by molar-refractivity contribution is 5.95. The molecular formula is C16H12O7. The fraction of sp³-hybridized carbons (Fsp3) is 0.0625. The first-order valence-electron chi connectivity index (χ1n) is 6.51. The first kappa shape index (κ1) is 14.6. The quantitative estimate of drug-likeness (QED) is 0.423. The second-order valence-electron chi connectivity index (χ2n) is 4.81. The molecule has 7 heteroatoms. The molecule has 1 aromatic heterocycles. The van der Waals surface area contributed by atoms with Crippen LogP contribution in [0, 0.1) is 0 Å². The van der Waals surface area contributed by atoms with Crippen molar-refractivity contribution in [1.82, 2.24) is 0 Å². The summed E-state index contributed by atoms with van der Waals surface area (Å²) < 4.78 is 10.0. The van der Waals surface area contributed by atoms with Gasteiger partial charge in [0.2, 0.25) is 22.7 Å². The van der Waals surface area contributed by atoms with Crippen molar-refractivity contribution in [1.29, 1.82) is 0 Å². The average molecular weight is 316 g/mol. The maximum absolute atomic E-state index is 12.6. The Kier molecular flexibility index (Phi) is 3.25. The topological polar surface area (TPSA) is 120 Å². The van der Waals surface area contributed by atoms with Crippen molar-refractivity contribution in [3.63, 3.8) is 0 Å². The number of hydrogen-bond acceptors (Lipinski definition) is 7. The van der Waals surface area contributed by atoms with Crippen molar-refractivity contribution in [2.75, 3.05) is 7.11 Å². The van der Waals surface area contributed by atoms with E-state index in [4.69, 9.17) is 9.15 Å². The minimum Gasteiger partial charge on any atom is -0.508 e. The number of fused-ring (bicyclic) bond motifs is 1. The van der Waals surface area contributed by atoms with Gasteiger partial charge in [-0.2, -0.15) is 0 Å². The van der Waals surface area contributed by atoms with E-state index < -0.39 is 28.4 Å². The van der Waals surface area contributed by atoms with Crippen LogP contribution in [-0.4, -0.2) is 27.5 Å². The summed E-state index contributed by atoms with van der Waals surface area (Å²) >= 11 is 0. The molecule has 0 aliphatic rings. The highest BCUT2D eigenvalue weighted by Gasteiger charge is 2.24. The van der Waals surface area contributed by atoms with Gasteiger partial charge in [-0.3, -0.25) is 4.79 Å². The summed E-state index contributed by atoms with van der Waals surface area (Å²) in [6.07, 6.45) is 1.12. The third-order valence-corrected chi connectivity index (χ3v) is 3.48. The van der Waals surface area contributed by atoms with Gasteiger partial charge in [0.15, 0.2) is 11.3 Å². The summed E-state index contributed by atoms with van der Waals surface area (Å²) in [5.41, 5.74) is -0.420. The SMILES string of the molecule is COc1c(O)c(O)c2c(=O)c(-c3ccc(O)cc3)coc2c1O. The Morgan fingerprint density at radius 3 is 2.22 bits per heavy atom. The lowest BCUT2D eigenvalue weighted by atomic mass is 10.0. The van der Waals surface area contributed by atoms with E-state index in [0.29, 0.717) is 5.56 Å². The largest absolute Gasteiger partial charge is 0.508 e. The van der Waals surface area contributed by atoms with E-state index in [1.165, 1.54) is 31.4 Å². The van der Waals surface area contributed by atoms with Crippen molar-refractivity contribution < 1.29 is 29.6 Å². The Balaban J connectivity index is 2.38. The van der Waals surface area contributed by atoms with Crippen molar-refractivity contribution >= 4 is 11.0 Å². The smallest absolute Gasteiger partial charge is 0.210 e. The molecule has 0 bridgehead atoms. The number of ether oxygens (including phenoxy) is 1. The number of phenolic OH excluding ortho intramolecular Hbond substituents is 4. The zero-order chi connectivity index (χ0) is 16.7. The maximum atomic E-state index is 12.6. The lowest BCUT2D eigenvalue weighted by molar-refractivity contribution is 0.329. The van der Waals surface area contributed by atoms with Crippen molar-refractivity contribution in [3.8, 4) is 39.9 Å². The number of benzene rings is 2. The van der Waals surface area contributed by atoms with Crippen LogP contribution in [-0.2, 0) is 0 Å². The van der Waals surface area contributed by atoms with Gasteiger partial charge in [-0.1, -0.05) is 12.1 Å². The molecule has 0 spiro atoms. The molecule has 3 aromatic rings. The molecule has 1 heterocycles. The molecule has 4 N–H and O–H groups in total. The van der Waals surface area contributed by atoms with Crippen molar-refractivity contribution in [3.05, 3.63) is 40.8 Å². The van der Waals surface area contributed by atoms with E-state index >= 15 is 0 Å². The molecule has 0 radical (unpaired) electrons. The fourth-order valence-corrected chi connectivity index (χ4v) is 2.33. The Morgan fingerprint density at radius 1 is 0.957 bits per heavy atom. The van der Waals surface area contributed by atoms with Gasteiger partial charge < -0.3 is 29.6 Å². The molecule has 2 aromatic carbocycles. The van der Waals surface area contributed by atoms with E-state index in [9.17, 15) is 25.2 Å². The highest BCUT2D eigenvalue weighted by atomic mass is 16.5. The molecule has 23 heavy (non-hydrogen) atoms. The van der Waals surface area contributed by atoms with Crippen molar-refractivity contribution in [2.24, 2.45) is 0 Å². The van der Waals surface area contributed by atoms with Crippen LogP contribution in [0.4, 0.5) is 0 Å². The molecule has 0 aliphatic heterocycles. The first-order valence-corrected chi connectivity index (χ1v) is 6.51. The second-order valence-corrected chi connectivity index (χ2v) is 4.81. The minimum atomic E-state index is -0.757. The van der Waals surface area contributed by atoms with Crippen LogP contribution in [0.2, 0.25) is 0 Å². The summed E-state index contributed by atoms with van der Waals surface area (Å²) in [7, 11) is 1.18. The number of rotatable bonds is 2. The third kappa shape index (κ3) is 2.10. The predicted molar refractivity (Wildman–Crippen MR) is 81.1 cm³/mol. The number of phenols is 4. The van der Waals surface area contributed by atoms with E-state index in [2.05, 4.69) is 0 Å². The summed E-state index contributed by atoms with van der Waals surface area (Å²) in [6, 6.07) is 5.77. The molecule has 0 amide bonds. The highest BCUT2D eigenvalue weighted by Crippen LogP contribution is 2.48. The normalized spacial score (nSPS) is 10.8. The molecule has 0 saturated carbocycles. The Morgan fingerprint density at radius 2 is 1.61 bits per heavy atom. The van der Waals surface area contributed by atoms with Crippen LogP contribution >= 0.6 is 0 Å². The Bertz CT molecular complexity index is 955. The zero-order valence-electron chi connectivity index (χ0n) is 11.9. The monoisotopic (exact) mass is 316 g/mol. The molecule has 0 saturated heterocycles. The molecule has 0 aliphatic carbocycles. The molecule has 0 unspecified atom stereocenters. The summed E-state index contributed by atoms with van der Waals surface area (Å²) in [5, 5.41) is 38.8. The van der Waals surface area contributed by atoms with Crippen LogP contribution in [0.25, 0.3) is 22.1 Å². The van der Waals surface area contributed by atoms with Gasteiger partial charge in [-0.05, 0) is 17.7 Å². The average Bonchev–Trinajstić information content (AvgIpc) is 2.54. The van der Waals surface area contributed by atoms with Crippen LogP contribution in [0.3, 0.4) is 0 Å². The van der Waals surface area contributed by atoms with Gasteiger partial charge in [0.1, 0.15) is 17.4 Å². The molecular weight excluding hydrogens is 304 g/mol. The van der Waals surface area contributed by atoms with E-state index in [1.807, 2.05) is 0 Å². The predicted octanol–water partition coefficient (Wildman–Crippen LogP) is 2.29. The van der Waals surface area contributed by atoms with Crippen LogP contribution in [0.1, 0.15) is 0 Å². The van der Waals surface area contributed by atoms with Crippen molar-refractivity contribution in [2.45, 2.75) is 0 Å². The van der Waals surface area contributed by atoms with Gasteiger partial charge in [-0.15, -0.1) is 0 Å². The second kappa shape index (κ2) is 5.13. The molecule has 3 rings (SSSR count). The first-order chi connectivity index (χ1) is 11.0.